The van der Waals surface area contributed by atoms with Gasteiger partial charge in [-0.3, -0.25) is 14.9 Å². The summed E-state index contributed by atoms with van der Waals surface area (Å²) in [7, 11) is 0. The fourth-order valence-electron chi connectivity index (χ4n) is 1.74. The first-order valence-corrected chi connectivity index (χ1v) is 7.56. The molecule has 0 radical (unpaired) electrons. The summed E-state index contributed by atoms with van der Waals surface area (Å²) >= 11 is 0.708. The fourth-order valence-corrected chi connectivity index (χ4v) is 2.44. The van der Waals surface area contributed by atoms with Crippen molar-refractivity contribution < 1.29 is 19.2 Å². The van der Waals surface area contributed by atoms with Gasteiger partial charge in [0, 0.05) is 12.6 Å². The van der Waals surface area contributed by atoms with E-state index in [0.717, 1.165) is 5.56 Å². The van der Waals surface area contributed by atoms with Crippen molar-refractivity contribution in [3.05, 3.63) is 63.0 Å². The summed E-state index contributed by atoms with van der Waals surface area (Å²) in [6, 6.07) is 11.8. The van der Waals surface area contributed by atoms with Crippen LogP contribution in [-0.4, -0.2) is 22.9 Å². The maximum Gasteiger partial charge on any atom is 0.349 e. The van der Waals surface area contributed by atoms with Gasteiger partial charge in [-0.15, -0.1) is 0 Å². The van der Waals surface area contributed by atoms with Gasteiger partial charge >= 0.3 is 11.0 Å². The third-order valence-corrected chi connectivity index (χ3v) is 3.95. The zero-order valence-electron chi connectivity index (χ0n) is 12.2. The number of nitrogens with zero attached hydrogens (tertiary/aromatic N) is 1. The summed E-state index contributed by atoms with van der Waals surface area (Å²) in [6.07, 6.45) is -0.993. The van der Waals surface area contributed by atoms with Crippen LogP contribution in [0.2, 0.25) is 0 Å². The Morgan fingerprint density at radius 1 is 1.26 bits per heavy atom. The second-order valence-corrected chi connectivity index (χ2v) is 5.71. The maximum atomic E-state index is 11.9. The third kappa shape index (κ3) is 4.62. The van der Waals surface area contributed by atoms with Gasteiger partial charge in [0.1, 0.15) is 4.88 Å². The summed E-state index contributed by atoms with van der Waals surface area (Å²) in [5.41, 5.74) is 0.924. The molecule has 0 saturated carbocycles. The number of carbonyl (C=O) groups excluding carboxylic acids is 2. The van der Waals surface area contributed by atoms with Crippen molar-refractivity contribution in [3.8, 4) is 0 Å². The van der Waals surface area contributed by atoms with Crippen LogP contribution >= 0.6 is 11.3 Å². The molecule has 2 rings (SSSR count). The monoisotopic (exact) mass is 334 g/mol. The molecular formula is C15H14N2O5S. The minimum absolute atomic E-state index is 0.0828. The number of hydrogen-bond acceptors (Lipinski definition) is 6. The number of nitro groups is 1. The van der Waals surface area contributed by atoms with E-state index in [-0.39, 0.29) is 9.88 Å². The molecule has 1 aromatic heterocycles. The predicted molar refractivity (Wildman–Crippen MR) is 84.1 cm³/mol. The number of ether oxygens (including phenoxy) is 1. The van der Waals surface area contributed by atoms with Gasteiger partial charge in [0.25, 0.3) is 5.91 Å². The number of thiophene rings is 1. The standard InChI is InChI=1S/C15H14N2O5S/c1-10(14(18)16-9-11-5-3-2-4-6-11)22-15(19)12-7-8-13(23-12)17(20)21/h2-8,10H,9H2,1H3,(H,16,18)/t10-/m0/s1. The van der Waals surface area contributed by atoms with Gasteiger partial charge in [-0.1, -0.05) is 41.7 Å². The van der Waals surface area contributed by atoms with Gasteiger partial charge in [0.2, 0.25) is 0 Å². The third-order valence-electron chi connectivity index (χ3n) is 2.94. The molecule has 1 heterocycles. The summed E-state index contributed by atoms with van der Waals surface area (Å²) < 4.78 is 5.02. The molecule has 0 saturated heterocycles. The Morgan fingerprint density at radius 3 is 2.57 bits per heavy atom. The highest BCUT2D eigenvalue weighted by Gasteiger charge is 2.21. The smallest absolute Gasteiger partial charge is 0.349 e. The second-order valence-electron chi connectivity index (χ2n) is 4.65. The van der Waals surface area contributed by atoms with Crippen molar-refractivity contribution in [1.29, 1.82) is 0 Å². The van der Waals surface area contributed by atoms with Crippen molar-refractivity contribution in [2.24, 2.45) is 0 Å². The first-order chi connectivity index (χ1) is 11.0. The maximum absolute atomic E-state index is 11.9. The number of amides is 1. The SMILES string of the molecule is C[C@H](OC(=O)c1ccc([N+](=O)[O-])s1)C(=O)NCc1ccccc1. The Kier molecular flexibility index (Phi) is 5.42. The number of benzene rings is 1. The van der Waals surface area contributed by atoms with Crippen LogP contribution in [0, 0.1) is 10.1 Å². The minimum Gasteiger partial charge on any atom is -0.448 e. The Labute approximate surface area is 136 Å². The highest BCUT2D eigenvalue weighted by Crippen LogP contribution is 2.24. The Morgan fingerprint density at radius 2 is 1.96 bits per heavy atom. The molecule has 0 spiro atoms. The van der Waals surface area contributed by atoms with Crippen molar-refractivity contribution in [2.45, 2.75) is 19.6 Å². The van der Waals surface area contributed by atoms with Gasteiger partial charge in [0.05, 0.1) is 4.92 Å². The predicted octanol–water partition coefficient (Wildman–Crippen LogP) is 2.52. The van der Waals surface area contributed by atoms with Crippen molar-refractivity contribution >= 4 is 28.2 Å². The minimum atomic E-state index is -0.993. The summed E-state index contributed by atoms with van der Waals surface area (Å²) in [5, 5.41) is 13.1. The molecule has 7 nitrogen and oxygen atoms in total. The molecule has 1 amide bonds. The summed E-state index contributed by atoms with van der Waals surface area (Å²) in [5.74, 6) is -1.20. The number of esters is 1. The normalized spacial score (nSPS) is 11.5. The molecule has 2 aromatic rings. The molecule has 0 aliphatic heterocycles. The van der Waals surface area contributed by atoms with Crippen LogP contribution in [0.25, 0.3) is 0 Å². The zero-order chi connectivity index (χ0) is 16.8. The van der Waals surface area contributed by atoms with Crippen molar-refractivity contribution in [1.82, 2.24) is 5.32 Å². The molecule has 0 bridgehead atoms. The molecular weight excluding hydrogens is 320 g/mol. The van der Waals surface area contributed by atoms with Gasteiger partial charge in [0.15, 0.2) is 6.10 Å². The quantitative estimate of drug-likeness (QED) is 0.497. The van der Waals surface area contributed by atoms with E-state index >= 15 is 0 Å². The van der Waals surface area contributed by atoms with Crippen LogP contribution in [0.1, 0.15) is 22.2 Å². The van der Waals surface area contributed by atoms with E-state index < -0.39 is 22.9 Å². The van der Waals surface area contributed by atoms with Gasteiger partial charge < -0.3 is 10.1 Å². The number of nitrogens with one attached hydrogen (secondary N) is 1. The van der Waals surface area contributed by atoms with Crippen molar-refractivity contribution in [2.75, 3.05) is 0 Å². The molecule has 1 atom stereocenters. The van der Waals surface area contributed by atoms with Crippen LogP contribution in [0.15, 0.2) is 42.5 Å². The van der Waals surface area contributed by atoms with Crippen LogP contribution in [-0.2, 0) is 16.1 Å². The van der Waals surface area contributed by atoms with E-state index in [1.54, 1.807) is 0 Å². The summed E-state index contributed by atoms with van der Waals surface area (Å²) in [4.78, 5) is 33.8. The second kappa shape index (κ2) is 7.50. The van der Waals surface area contributed by atoms with Crippen LogP contribution in [0.4, 0.5) is 5.00 Å². The number of hydrogen-bond donors (Lipinski definition) is 1. The lowest BCUT2D eigenvalue weighted by Crippen LogP contribution is -2.35. The van der Waals surface area contributed by atoms with Gasteiger partial charge in [-0.2, -0.15) is 0 Å². The molecule has 1 aromatic carbocycles. The highest BCUT2D eigenvalue weighted by molar-refractivity contribution is 7.17. The van der Waals surface area contributed by atoms with E-state index in [1.165, 1.54) is 19.1 Å². The lowest BCUT2D eigenvalue weighted by atomic mass is 10.2. The molecule has 0 unspecified atom stereocenters. The Balaban J connectivity index is 1.87. The van der Waals surface area contributed by atoms with Crippen LogP contribution < -0.4 is 5.32 Å². The van der Waals surface area contributed by atoms with E-state index in [2.05, 4.69) is 5.32 Å². The average Bonchev–Trinajstić information content (AvgIpc) is 3.04. The largest absolute Gasteiger partial charge is 0.448 e. The lowest BCUT2D eigenvalue weighted by molar-refractivity contribution is -0.380. The van der Waals surface area contributed by atoms with Gasteiger partial charge in [-0.05, 0) is 18.6 Å². The Bertz CT molecular complexity index is 714. The van der Waals surface area contributed by atoms with E-state index in [9.17, 15) is 19.7 Å². The Hall–Kier alpha value is -2.74. The van der Waals surface area contributed by atoms with E-state index in [4.69, 9.17) is 4.74 Å². The molecule has 8 heteroatoms. The van der Waals surface area contributed by atoms with Gasteiger partial charge in [-0.25, -0.2) is 4.79 Å². The van der Waals surface area contributed by atoms with Crippen LogP contribution in [0.5, 0.6) is 0 Å². The molecule has 23 heavy (non-hydrogen) atoms. The first-order valence-electron chi connectivity index (χ1n) is 6.74. The molecule has 0 aliphatic carbocycles. The average molecular weight is 334 g/mol. The van der Waals surface area contributed by atoms with E-state index in [1.807, 2.05) is 30.3 Å². The molecule has 0 aliphatic rings. The number of rotatable bonds is 6. The fraction of sp³-hybridized carbons (Fsp3) is 0.200. The molecule has 120 valence electrons. The first kappa shape index (κ1) is 16.6. The van der Waals surface area contributed by atoms with E-state index in [0.29, 0.717) is 17.9 Å². The summed E-state index contributed by atoms with van der Waals surface area (Å²) in [6.45, 7) is 1.77. The topological polar surface area (TPSA) is 98.5 Å². The number of carbonyl (C=O) groups is 2. The van der Waals surface area contributed by atoms with Crippen molar-refractivity contribution in [3.63, 3.8) is 0 Å². The molecule has 1 N–H and O–H groups in total. The highest BCUT2D eigenvalue weighted by atomic mass is 32.1. The molecule has 0 fully saturated rings. The zero-order valence-corrected chi connectivity index (χ0v) is 13.0. The van der Waals surface area contributed by atoms with Crippen LogP contribution in [0.3, 0.4) is 0 Å². The lowest BCUT2D eigenvalue weighted by Gasteiger charge is -2.12.